The van der Waals surface area contributed by atoms with Crippen molar-refractivity contribution in [1.29, 1.82) is 0 Å². The van der Waals surface area contributed by atoms with Crippen LogP contribution in [0.4, 0.5) is 5.69 Å². The van der Waals surface area contributed by atoms with E-state index in [2.05, 4.69) is 17.2 Å². The van der Waals surface area contributed by atoms with E-state index >= 15 is 0 Å². The topological polar surface area (TPSA) is 71.5 Å². The smallest absolute Gasteiger partial charge is 0.278 e. The monoisotopic (exact) mass is 441 g/mol. The van der Waals surface area contributed by atoms with E-state index in [1.165, 1.54) is 10.5 Å². The van der Waals surface area contributed by atoms with E-state index in [1.807, 2.05) is 55.5 Å². The largest absolute Gasteiger partial charge is 0.494 e. The normalized spacial score (nSPS) is 13.6. The van der Waals surface area contributed by atoms with Gasteiger partial charge in [0.2, 0.25) is 0 Å². The lowest BCUT2D eigenvalue weighted by Gasteiger charge is -2.15. The van der Waals surface area contributed by atoms with Crippen molar-refractivity contribution >= 4 is 23.1 Å². The van der Waals surface area contributed by atoms with Crippen LogP contribution in [0.3, 0.4) is 0 Å². The summed E-state index contributed by atoms with van der Waals surface area (Å²) >= 11 is 0. The van der Waals surface area contributed by atoms with Crippen LogP contribution in [0.1, 0.15) is 37.0 Å². The number of amides is 2. The maximum Gasteiger partial charge on any atom is 0.278 e. The van der Waals surface area contributed by atoms with Crippen molar-refractivity contribution in [2.24, 2.45) is 0 Å². The van der Waals surface area contributed by atoms with Gasteiger partial charge >= 0.3 is 0 Å². The number of hydrogen-bond acceptors (Lipinski definition) is 5. The van der Waals surface area contributed by atoms with Gasteiger partial charge in [0.1, 0.15) is 11.4 Å². The molecule has 1 N–H and O–H groups in total. The Labute approximate surface area is 193 Å². The van der Waals surface area contributed by atoms with E-state index in [1.54, 1.807) is 24.5 Å². The number of nitrogens with zero attached hydrogens (tertiary/aromatic N) is 2. The van der Waals surface area contributed by atoms with Crippen LogP contribution in [0.25, 0.3) is 5.57 Å². The zero-order valence-electron chi connectivity index (χ0n) is 18.9. The van der Waals surface area contributed by atoms with E-state index in [-0.39, 0.29) is 24.1 Å². The number of hydrogen-bond donors (Lipinski definition) is 1. The summed E-state index contributed by atoms with van der Waals surface area (Å²) in [5.41, 5.74) is 4.10. The number of nitrogens with one attached hydrogen (secondary N) is 1. The molecule has 1 aromatic heterocycles. The van der Waals surface area contributed by atoms with Crippen LogP contribution in [0.5, 0.6) is 5.75 Å². The highest BCUT2D eigenvalue weighted by Crippen LogP contribution is 2.32. The van der Waals surface area contributed by atoms with Gasteiger partial charge in [-0.05, 0) is 65.9 Å². The Hall–Kier alpha value is -3.93. The molecule has 0 bridgehead atoms. The summed E-state index contributed by atoms with van der Waals surface area (Å²) < 4.78 is 5.67. The van der Waals surface area contributed by atoms with Crippen LogP contribution in [0, 0.1) is 0 Å². The van der Waals surface area contributed by atoms with Crippen molar-refractivity contribution in [1.82, 2.24) is 9.88 Å². The fourth-order valence-corrected chi connectivity index (χ4v) is 3.68. The van der Waals surface area contributed by atoms with Crippen molar-refractivity contribution in [3.05, 3.63) is 95.4 Å². The minimum absolute atomic E-state index is 0.182. The van der Waals surface area contributed by atoms with Gasteiger partial charge in [0.05, 0.1) is 18.7 Å². The van der Waals surface area contributed by atoms with Crippen molar-refractivity contribution in [3.8, 4) is 5.75 Å². The molecule has 6 heteroatoms. The highest BCUT2D eigenvalue weighted by molar-refractivity contribution is 6.36. The maximum atomic E-state index is 13.4. The highest BCUT2D eigenvalue weighted by atomic mass is 16.5. The number of ether oxygens (including phenoxy) is 1. The fraction of sp³-hybridized carbons (Fsp3) is 0.222. The predicted octanol–water partition coefficient (Wildman–Crippen LogP) is 4.83. The average molecular weight is 442 g/mol. The van der Waals surface area contributed by atoms with E-state index < -0.39 is 0 Å². The van der Waals surface area contributed by atoms with Gasteiger partial charge in [-0.25, -0.2) is 0 Å². The first kappa shape index (κ1) is 22.3. The lowest BCUT2D eigenvalue weighted by atomic mass is 10.0. The number of aromatic nitrogens is 1. The molecule has 1 aliphatic heterocycles. The minimum Gasteiger partial charge on any atom is -0.494 e. The number of anilines is 1. The second-order valence-electron chi connectivity index (χ2n) is 7.85. The first-order valence-electron chi connectivity index (χ1n) is 11.2. The van der Waals surface area contributed by atoms with Gasteiger partial charge in [-0.1, -0.05) is 38.1 Å². The van der Waals surface area contributed by atoms with Gasteiger partial charge in [0.15, 0.2) is 0 Å². The summed E-state index contributed by atoms with van der Waals surface area (Å²) in [5.74, 6) is 0.0562. The van der Waals surface area contributed by atoms with Gasteiger partial charge in [0.25, 0.3) is 11.8 Å². The van der Waals surface area contributed by atoms with E-state index in [0.29, 0.717) is 17.7 Å². The van der Waals surface area contributed by atoms with E-state index in [4.69, 9.17) is 4.74 Å². The third kappa shape index (κ3) is 4.95. The van der Waals surface area contributed by atoms with Gasteiger partial charge < -0.3 is 10.1 Å². The molecule has 0 fully saturated rings. The molecule has 0 radical (unpaired) electrons. The number of rotatable bonds is 9. The molecule has 33 heavy (non-hydrogen) atoms. The van der Waals surface area contributed by atoms with Crippen molar-refractivity contribution in [2.45, 2.75) is 33.2 Å². The third-order valence-electron chi connectivity index (χ3n) is 5.51. The molecule has 168 valence electrons. The van der Waals surface area contributed by atoms with Gasteiger partial charge in [-0.2, -0.15) is 0 Å². The highest BCUT2D eigenvalue weighted by Gasteiger charge is 2.39. The SMILES string of the molecule is CCCOc1ccc(C2=C(Nc3ccc(CC)cc3)C(=O)N(Cc3ccncc3)C2=O)cc1. The Bertz CT molecular complexity index is 1150. The van der Waals surface area contributed by atoms with Crippen LogP contribution >= 0.6 is 0 Å². The number of carbonyl (C=O) groups is 2. The molecule has 0 saturated carbocycles. The molecule has 0 spiro atoms. The van der Waals surface area contributed by atoms with Crippen LogP contribution in [0.2, 0.25) is 0 Å². The van der Waals surface area contributed by atoms with Crippen LogP contribution in [-0.4, -0.2) is 28.3 Å². The Morgan fingerprint density at radius 1 is 0.848 bits per heavy atom. The first-order chi connectivity index (χ1) is 16.1. The quantitative estimate of drug-likeness (QED) is 0.482. The van der Waals surface area contributed by atoms with Crippen LogP contribution in [-0.2, 0) is 22.6 Å². The number of pyridine rings is 1. The molecule has 0 aliphatic carbocycles. The molecule has 0 atom stereocenters. The number of benzene rings is 2. The third-order valence-corrected chi connectivity index (χ3v) is 5.51. The van der Waals surface area contributed by atoms with Crippen LogP contribution in [0.15, 0.2) is 78.8 Å². The minimum atomic E-state index is -0.349. The summed E-state index contributed by atoms with van der Waals surface area (Å²) in [4.78, 5) is 32.1. The Morgan fingerprint density at radius 2 is 1.55 bits per heavy atom. The average Bonchev–Trinajstić information content (AvgIpc) is 3.08. The summed E-state index contributed by atoms with van der Waals surface area (Å²) in [6, 6.07) is 18.8. The van der Waals surface area contributed by atoms with Crippen molar-refractivity contribution < 1.29 is 14.3 Å². The molecule has 3 aromatic rings. The summed E-state index contributed by atoms with van der Waals surface area (Å²) in [6.45, 7) is 4.94. The number of aryl methyl sites for hydroxylation is 1. The molecular formula is C27H27N3O3. The summed E-state index contributed by atoms with van der Waals surface area (Å²) in [5, 5.41) is 3.21. The molecular weight excluding hydrogens is 414 g/mol. The second-order valence-corrected chi connectivity index (χ2v) is 7.85. The molecule has 2 heterocycles. The number of imide groups is 1. The number of carbonyl (C=O) groups excluding carboxylic acids is 2. The standard InChI is InChI=1S/C27H27N3O3/c1-3-17-33-23-11-7-21(8-12-23)24-25(29-22-9-5-19(4-2)6-10-22)27(32)30(26(24)31)18-20-13-15-28-16-14-20/h5-16,29H,3-4,17-18H2,1-2H3. The van der Waals surface area contributed by atoms with Gasteiger partial charge in [-0.3, -0.25) is 19.5 Å². The summed E-state index contributed by atoms with van der Waals surface area (Å²) in [6.07, 6.45) is 5.14. The molecule has 0 unspecified atom stereocenters. The fourth-order valence-electron chi connectivity index (χ4n) is 3.68. The van der Waals surface area contributed by atoms with Gasteiger partial charge in [-0.15, -0.1) is 0 Å². The summed E-state index contributed by atoms with van der Waals surface area (Å²) in [7, 11) is 0. The molecule has 1 aliphatic rings. The maximum absolute atomic E-state index is 13.4. The molecule has 4 rings (SSSR count). The second kappa shape index (κ2) is 10.1. The Balaban J connectivity index is 1.68. The Morgan fingerprint density at radius 3 is 2.18 bits per heavy atom. The first-order valence-corrected chi connectivity index (χ1v) is 11.2. The van der Waals surface area contributed by atoms with Crippen molar-refractivity contribution in [2.75, 3.05) is 11.9 Å². The lowest BCUT2D eigenvalue weighted by molar-refractivity contribution is -0.137. The zero-order valence-corrected chi connectivity index (χ0v) is 18.9. The zero-order chi connectivity index (χ0) is 23.2. The van der Waals surface area contributed by atoms with E-state index in [0.717, 1.165) is 29.8 Å². The van der Waals surface area contributed by atoms with Crippen LogP contribution < -0.4 is 10.1 Å². The lowest BCUT2D eigenvalue weighted by Crippen LogP contribution is -2.32. The molecule has 2 aromatic carbocycles. The van der Waals surface area contributed by atoms with Gasteiger partial charge in [0, 0.05) is 18.1 Å². The Kier molecular flexibility index (Phi) is 6.83. The predicted molar refractivity (Wildman–Crippen MR) is 128 cm³/mol. The molecule has 2 amide bonds. The van der Waals surface area contributed by atoms with E-state index in [9.17, 15) is 9.59 Å². The van der Waals surface area contributed by atoms with Crippen molar-refractivity contribution in [3.63, 3.8) is 0 Å². The molecule has 0 saturated heterocycles. The molecule has 6 nitrogen and oxygen atoms in total.